The normalized spacial score (nSPS) is 21.3. The molecule has 1 saturated heterocycles. The molecule has 0 aliphatic carbocycles. The molecule has 0 radical (unpaired) electrons. The summed E-state index contributed by atoms with van der Waals surface area (Å²) in [6, 6.07) is 0.448. The van der Waals surface area contributed by atoms with Crippen molar-refractivity contribution in [1.82, 2.24) is 10.2 Å². The Balaban J connectivity index is 0.00000289. The standard InChI is InChI=1S/C14H28N2O.ClH/c1-4-6-7-13(5-2)10-14(17)16-9-8-15-12(3)11-16;/h12-13,15H,4-11H2,1-3H3;1H. The zero-order valence-electron chi connectivity index (χ0n) is 12.1. The van der Waals surface area contributed by atoms with Gasteiger partial charge >= 0.3 is 0 Å². The van der Waals surface area contributed by atoms with E-state index in [9.17, 15) is 4.79 Å². The van der Waals surface area contributed by atoms with E-state index in [0.29, 0.717) is 17.9 Å². The highest BCUT2D eigenvalue weighted by Crippen LogP contribution is 2.18. The molecule has 0 spiro atoms. The minimum absolute atomic E-state index is 0. The Hall–Kier alpha value is -0.280. The van der Waals surface area contributed by atoms with Crippen LogP contribution in [0.25, 0.3) is 0 Å². The number of unbranched alkanes of at least 4 members (excludes halogenated alkanes) is 1. The van der Waals surface area contributed by atoms with Gasteiger partial charge in [0.2, 0.25) is 5.91 Å². The lowest BCUT2D eigenvalue weighted by atomic mass is 9.95. The molecular formula is C14H29ClN2O. The number of rotatable bonds is 6. The van der Waals surface area contributed by atoms with E-state index in [1.807, 2.05) is 4.90 Å². The Morgan fingerprint density at radius 2 is 2.17 bits per heavy atom. The van der Waals surface area contributed by atoms with Gasteiger partial charge in [-0.1, -0.05) is 33.1 Å². The SMILES string of the molecule is CCCCC(CC)CC(=O)N1CCNC(C)C1.Cl. The van der Waals surface area contributed by atoms with Crippen LogP contribution in [-0.4, -0.2) is 36.5 Å². The van der Waals surface area contributed by atoms with Crippen LogP contribution in [0, 0.1) is 5.92 Å². The molecule has 0 bridgehead atoms. The first-order valence-corrected chi connectivity index (χ1v) is 7.18. The van der Waals surface area contributed by atoms with Gasteiger partial charge in [0.25, 0.3) is 0 Å². The maximum Gasteiger partial charge on any atom is 0.222 e. The van der Waals surface area contributed by atoms with Crippen LogP contribution < -0.4 is 5.32 Å². The van der Waals surface area contributed by atoms with E-state index in [4.69, 9.17) is 0 Å². The summed E-state index contributed by atoms with van der Waals surface area (Å²) in [4.78, 5) is 14.2. The lowest BCUT2D eigenvalue weighted by Gasteiger charge is -2.32. The van der Waals surface area contributed by atoms with E-state index in [0.717, 1.165) is 32.5 Å². The summed E-state index contributed by atoms with van der Waals surface area (Å²) in [5.74, 6) is 0.953. The fraction of sp³-hybridized carbons (Fsp3) is 0.929. The van der Waals surface area contributed by atoms with Crippen LogP contribution in [0.2, 0.25) is 0 Å². The van der Waals surface area contributed by atoms with Crippen molar-refractivity contribution in [1.29, 1.82) is 0 Å². The number of piperazine rings is 1. The molecule has 108 valence electrons. The first-order valence-electron chi connectivity index (χ1n) is 7.18. The third-order valence-electron chi connectivity index (χ3n) is 3.73. The summed E-state index contributed by atoms with van der Waals surface area (Å²) < 4.78 is 0. The number of nitrogens with zero attached hydrogens (tertiary/aromatic N) is 1. The van der Waals surface area contributed by atoms with Crippen LogP contribution in [0.1, 0.15) is 52.9 Å². The van der Waals surface area contributed by atoms with Gasteiger partial charge in [-0.05, 0) is 19.3 Å². The molecule has 1 fully saturated rings. The Morgan fingerprint density at radius 1 is 1.44 bits per heavy atom. The van der Waals surface area contributed by atoms with Crippen molar-refractivity contribution in [2.24, 2.45) is 5.92 Å². The highest BCUT2D eigenvalue weighted by Gasteiger charge is 2.22. The van der Waals surface area contributed by atoms with Crippen molar-refractivity contribution in [3.8, 4) is 0 Å². The molecule has 0 aromatic carbocycles. The average molecular weight is 277 g/mol. The van der Waals surface area contributed by atoms with Gasteiger partial charge < -0.3 is 10.2 Å². The van der Waals surface area contributed by atoms with Gasteiger partial charge in [-0.2, -0.15) is 0 Å². The van der Waals surface area contributed by atoms with Crippen LogP contribution in [0.15, 0.2) is 0 Å². The summed E-state index contributed by atoms with van der Waals surface area (Å²) in [5.41, 5.74) is 0. The van der Waals surface area contributed by atoms with Crippen LogP contribution in [0.4, 0.5) is 0 Å². The van der Waals surface area contributed by atoms with Crippen molar-refractivity contribution in [3.63, 3.8) is 0 Å². The summed E-state index contributed by atoms with van der Waals surface area (Å²) in [7, 11) is 0. The fourth-order valence-electron chi connectivity index (χ4n) is 2.48. The van der Waals surface area contributed by atoms with Crippen LogP contribution in [-0.2, 0) is 4.79 Å². The van der Waals surface area contributed by atoms with E-state index >= 15 is 0 Å². The molecule has 0 aromatic heterocycles. The lowest BCUT2D eigenvalue weighted by molar-refractivity contribution is -0.133. The summed E-state index contributed by atoms with van der Waals surface area (Å²) in [5, 5.41) is 3.37. The highest BCUT2D eigenvalue weighted by molar-refractivity contribution is 5.85. The molecule has 1 N–H and O–H groups in total. The van der Waals surface area contributed by atoms with E-state index < -0.39 is 0 Å². The largest absolute Gasteiger partial charge is 0.340 e. The third-order valence-corrected chi connectivity index (χ3v) is 3.73. The zero-order valence-corrected chi connectivity index (χ0v) is 12.9. The number of hydrogen-bond donors (Lipinski definition) is 1. The van der Waals surface area contributed by atoms with Crippen molar-refractivity contribution in [2.45, 2.75) is 58.9 Å². The van der Waals surface area contributed by atoms with E-state index in [1.54, 1.807) is 0 Å². The van der Waals surface area contributed by atoms with E-state index in [-0.39, 0.29) is 12.4 Å². The molecule has 1 aliphatic rings. The topological polar surface area (TPSA) is 32.3 Å². The minimum Gasteiger partial charge on any atom is -0.340 e. The van der Waals surface area contributed by atoms with Crippen LogP contribution in [0.5, 0.6) is 0 Å². The third kappa shape index (κ3) is 6.05. The Labute approximate surface area is 118 Å². The molecule has 2 unspecified atom stereocenters. The molecule has 0 aromatic rings. The number of halogens is 1. The van der Waals surface area contributed by atoms with Gasteiger partial charge in [-0.15, -0.1) is 12.4 Å². The molecule has 1 rings (SSSR count). The maximum atomic E-state index is 12.2. The molecular weight excluding hydrogens is 248 g/mol. The van der Waals surface area contributed by atoms with Crippen molar-refractivity contribution >= 4 is 18.3 Å². The average Bonchev–Trinajstić information content (AvgIpc) is 2.34. The van der Waals surface area contributed by atoms with Gasteiger partial charge in [-0.25, -0.2) is 0 Å². The minimum atomic E-state index is 0. The second kappa shape index (κ2) is 9.62. The van der Waals surface area contributed by atoms with Gasteiger partial charge in [0.15, 0.2) is 0 Å². The van der Waals surface area contributed by atoms with Gasteiger partial charge in [-0.3, -0.25) is 4.79 Å². The summed E-state index contributed by atoms with van der Waals surface area (Å²) in [6.45, 7) is 9.27. The molecule has 1 aliphatic heterocycles. The molecule has 4 heteroatoms. The zero-order chi connectivity index (χ0) is 12.7. The van der Waals surface area contributed by atoms with Gasteiger partial charge in [0, 0.05) is 32.1 Å². The van der Waals surface area contributed by atoms with Gasteiger partial charge in [0.1, 0.15) is 0 Å². The van der Waals surface area contributed by atoms with Crippen molar-refractivity contribution < 1.29 is 4.79 Å². The molecule has 0 saturated carbocycles. The second-order valence-corrected chi connectivity index (χ2v) is 5.32. The van der Waals surface area contributed by atoms with E-state index in [1.165, 1.54) is 19.3 Å². The van der Waals surface area contributed by atoms with Crippen LogP contribution in [0.3, 0.4) is 0 Å². The predicted molar refractivity (Wildman–Crippen MR) is 79.2 cm³/mol. The van der Waals surface area contributed by atoms with Crippen molar-refractivity contribution in [3.05, 3.63) is 0 Å². The predicted octanol–water partition coefficient (Wildman–Crippen LogP) is 2.84. The molecule has 2 atom stereocenters. The summed E-state index contributed by atoms with van der Waals surface area (Å²) in [6.07, 6.45) is 5.58. The lowest BCUT2D eigenvalue weighted by Crippen LogP contribution is -2.51. The second-order valence-electron chi connectivity index (χ2n) is 5.32. The smallest absolute Gasteiger partial charge is 0.222 e. The Morgan fingerprint density at radius 3 is 2.72 bits per heavy atom. The van der Waals surface area contributed by atoms with E-state index in [2.05, 4.69) is 26.1 Å². The number of hydrogen-bond acceptors (Lipinski definition) is 2. The first kappa shape index (κ1) is 17.7. The summed E-state index contributed by atoms with van der Waals surface area (Å²) >= 11 is 0. The Bertz CT molecular complexity index is 236. The van der Waals surface area contributed by atoms with Crippen LogP contribution >= 0.6 is 12.4 Å². The highest BCUT2D eigenvalue weighted by atomic mass is 35.5. The molecule has 3 nitrogen and oxygen atoms in total. The number of carbonyl (C=O) groups excluding carboxylic acids is 1. The quantitative estimate of drug-likeness (QED) is 0.809. The van der Waals surface area contributed by atoms with Crippen molar-refractivity contribution in [2.75, 3.05) is 19.6 Å². The number of amides is 1. The molecule has 1 heterocycles. The maximum absolute atomic E-state index is 12.2. The molecule has 1 amide bonds. The number of carbonyl (C=O) groups is 1. The number of nitrogens with one attached hydrogen (secondary N) is 1. The Kier molecular flexibility index (Phi) is 9.47. The monoisotopic (exact) mass is 276 g/mol. The fourth-order valence-corrected chi connectivity index (χ4v) is 2.48. The first-order chi connectivity index (χ1) is 8.17. The molecule has 18 heavy (non-hydrogen) atoms. The van der Waals surface area contributed by atoms with Gasteiger partial charge in [0.05, 0.1) is 0 Å².